The molecule has 7 unspecified atom stereocenters. The normalized spacial score (nSPS) is 50.5. The van der Waals surface area contributed by atoms with Crippen molar-refractivity contribution in [1.29, 1.82) is 0 Å². The van der Waals surface area contributed by atoms with Gasteiger partial charge in [0.2, 0.25) is 0 Å². The van der Waals surface area contributed by atoms with E-state index in [1.165, 1.54) is 5.57 Å². The third-order valence-electron chi connectivity index (χ3n) is 8.62. The van der Waals surface area contributed by atoms with Gasteiger partial charge in [0.05, 0.1) is 6.10 Å². The SMILES string of the molecule is CC12CCC(=O)CC1CC(O)C1C2=CCC2(C)C1CCC2(O)C(=O)CO. The minimum Gasteiger partial charge on any atom is -0.392 e. The van der Waals surface area contributed by atoms with E-state index in [-0.39, 0.29) is 23.2 Å². The minimum atomic E-state index is -1.52. The molecular formula is C21H30O5. The lowest BCUT2D eigenvalue weighted by Crippen LogP contribution is -2.58. The third-order valence-corrected chi connectivity index (χ3v) is 8.62. The van der Waals surface area contributed by atoms with E-state index in [9.17, 15) is 24.9 Å². The van der Waals surface area contributed by atoms with Gasteiger partial charge in [-0.3, -0.25) is 9.59 Å². The van der Waals surface area contributed by atoms with E-state index in [0.717, 1.165) is 6.42 Å². The van der Waals surface area contributed by atoms with Crippen molar-refractivity contribution in [3.63, 3.8) is 0 Å². The summed E-state index contributed by atoms with van der Waals surface area (Å²) >= 11 is 0. The van der Waals surface area contributed by atoms with Gasteiger partial charge in [-0.1, -0.05) is 25.5 Å². The Bertz CT molecular complexity index is 684. The van der Waals surface area contributed by atoms with E-state index in [4.69, 9.17) is 0 Å². The molecule has 0 spiro atoms. The summed E-state index contributed by atoms with van der Waals surface area (Å²) in [6.07, 6.45) is 5.80. The van der Waals surface area contributed by atoms with Crippen LogP contribution in [0.5, 0.6) is 0 Å². The predicted molar refractivity (Wildman–Crippen MR) is 95.1 cm³/mol. The molecule has 0 amide bonds. The van der Waals surface area contributed by atoms with Gasteiger partial charge in [0.25, 0.3) is 0 Å². The number of allylic oxidation sites excluding steroid dienone is 1. The van der Waals surface area contributed by atoms with E-state index in [0.29, 0.717) is 44.3 Å². The van der Waals surface area contributed by atoms with Crippen LogP contribution >= 0.6 is 0 Å². The molecule has 0 aliphatic heterocycles. The number of carbonyl (C=O) groups is 2. The minimum absolute atomic E-state index is 0.0217. The lowest BCUT2D eigenvalue weighted by atomic mass is 9.47. The standard InChI is InChI=1S/C21H30O5/c1-19-6-3-13(23)9-12(19)10-16(24)18-14(19)4-7-20(2)15(18)5-8-21(20,26)17(25)11-22/h4,12,15-16,18,22,24,26H,3,5-11H2,1-2H3. The second-order valence-corrected chi connectivity index (χ2v) is 9.55. The largest absolute Gasteiger partial charge is 0.392 e. The van der Waals surface area contributed by atoms with Gasteiger partial charge >= 0.3 is 0 Å². The highest BCUT2D eigenvalue weighted by Crippen LogP contribution is 2.66. The van der Waals surface area contributed by atoms with Crippen LogP contribution in [0.4, 0.5) is 0 Å². The van der Waals surface area contributed by atoms with Crippen LogP contribution in [0, 0.1) is 28.6 Å². The Morgan fingerprint density at radius 3 is 2.73 bits per heavy atom. The quantitative estimate of drug-likeness (QED) is 0.651. The summed E-state index contributed by atoms with van der Waals surface area (Å²) in [5.74, 6) is -0.0674. The van der Waals surface area contributed by atoms with Crippen molar-refractivity contribution in [1.82, 2.24) is 0 Å². The maximum Gasteiger partial charge on any atom is 0.190 e. The molecule has 0 radical (unpaired) electrons. The summed E-state index contributed by atoms with van der Waals surface area (Å²) in [6, 6.07) is 0. The number of rotatable bonds is 2. The predicted octanol–water partition coefficient (Wildman–Crippen LogP) is 1.78. The highest BCUT2D eigenvalue weighted by atomic mass is 16.3. The molecule has 26 heavy (non-hydrogen) atoms. The number of aliphatic hydroxyl groups excluding tert-OH is 2. The second-order valence-electron chi connectivity index (χ2n) is 9.55. The van der Waals surface area contributed by atoms with Crippen molar-refractivity contribution < 1.29 is 24.9 Å². The fourth-order valence-corrected chi connectivity index (χ4v) is 6.89. The molecule has 144 valence electrons. The lowest BCUT2D eigenvalue weighted by molar-refractivity contribution is -0.158. The van der Waals surface area contributed by atoms with Gasteiger partial charge in [-0.25, -0.2) is 0 Å². The van der Waals surface area contributed by atoms with Crippen LogP contribution in [0.15, 0.2) is 11.6 Å². The Labute approximate surface area is 154 Å². The Hall–Kier alpha value is -1.04. The smallest absolute Gasteiger partial charge is 0.190 e. The first-order valence-electron chi connectivity index (χ1n) is 9.94. The molecule has 0 aromatic rings. The van der Waals surface area contributed by atoms with Gasteiger partial charge in [0.15, 0.2) is 5.78 Å². The summed E-state index contributed by atoms with van der Waals surface area (Å²) in [6.45, 7) is 3.53. The molecule has 4 aliphatic carbocycles. The molecule has 0 aromatic heterocycles. The molecular weight excluding hydrogens is 332 g/mol. The molecule has 5 heteroatoms. The number of aliphatic hydroxyl groups is 3. The molecule has 3 N–H and O–H groups in total. The number of Topliss-reactive ketones (excluding diaryl/α,β-unsaturated/α-hetero) is 2. The number of fused-ring (bicyclic) bond motifs is 5. The van der Waals surface area contributed by atoms with Gasteiger partial charge in [0.1, 0.15) is 18.0 Å². The first-order valence-corrected chi connectivity index (χ1v) is 9.94. The van der Waals surface area contributed by atoms with Crippen molar-refractivity contribution in [3.8, 4) is 0 Å². The van der Waals surface area contributed by atoms with Crippen molar-refractivity contribution >= 4 is 11.6 Å². The van der Waals surface area contributed by atoms with E-state index in [1.807, 2.05) is 6.92 Å². The Morgan fingerprint density at radius 2 is 2.04 bits per heavy atom. The van der Waals surface area contributed by atoms with E-state index in [1.54, 1.807) is 0 Å². The molecule has 4 aliphatic rings. The zero-order valence-electron chi connectivity index (χ0n) is 15.7. The molecule has 0 heterocycles. The summed E-state index contributed by atoms with van der Waals surface area (Å²) in [5.41, 5.74) is -0.998. The van der Waals surface area contributed by atoms with E-state index in [2.05, 4.69) is 13.0 Å². The second kappa shape index (κ2) is 5.73. The first-order chi connectivity index (χ1) is 12.2. The molecule has 0 saturated heterocycles. The van der Waals surface area contributed by atoms with E-state index >= 15 is 0 Å². The Morgan fingerprint density at radius 1 is 1.31 bits per heavy atom. The maximum absolute atomic E-state index is 12.3. The van der Waals surface area contributed by atoms with Crippen LogP contribution in [0.2, 0.25) is 0 Å². The summed E-state index contributed by atoms with van der Waals surface area (Å²) in [5, 5.41) is 31.5. The van der Waals surface area contributed by atoms with Gasteiger partial charge in [0, 0.05) is 24.2 Å². The molecule has 5 nitrogen and oxygen atoms in total. The molecule has 3 fully saturated rings. The summed E-state index contributed by atoms with van der Waals surface area (Å²) < 4.78 is 0. The summed E-state index contributed by atoms with van der Waals surface area (Å²) in [7, 11) is 0. The zero-order valence-corrected chi connectivity index (χ0v) is 15.7. The van der Waals surface area contributed by atoms with E-state index < -0.39 is 29.5 Å². The van der Waals surface area contributed by atoms with Gasteiger partial charge in [-0.2, -0.15) is 0 Å². The molecule has 0 bridgehead atoms. The average Bonchev–Trinajstić information content (AvgIpc) is 2.88. The van der Waals surface area contributed by atoms with Crippen molar-refractivity contribution in [3.05, 3.63) is 11.6 Å². The number of hydrogen-bond donors (Lipinski definition) is 3. The van der Waals surface area contributed by atoms with Crippen LogP contribution in [0.25, 0.3) is 0 Å². The van der Waals surface area contributed by atoms with Crippen LogP contribution in [-0.4, -0.2) is 45.2 Å². The average molecular weight is 362 g/mol. The van der Waals surface area contributed by atoms with Crippen molar-refractivity contribution in [2.24, 2.45) is 28.6 Å². The van der Waals surface area contributed by atoms with Crippen LogP contribution in [0.3, 0.4) is 0 Å². The fraction of sp³-hybridized carbons (Fsp3) is 0.810. The lowest BCUT2D eigenvalue weighted by Gasteiger charge is -2.58. The van der Waals surface area contributed by atoms with Crippen molar-refractivity contribution in [2.75, 3.05) is 6.61 Å². The van der Waals surface area contributed by atoms with Gasteiger partial charge < -0.3 is 15.3 Å². The van der Waals surface area contributed by atoms with Crippen LogP contribution in [0.1, 0.15) is 58.8 Å². The number of ketones is 2. The topological polar surface area (TPSA) is 94.8 Å². The molecule has 7 atom stereocenters. The molecule has 4 rings (SSSR count). The first kappa shape index (κ1) is 18.3. The Kier molecular flexibility index (Phi) is 4.04. The van der Waals surface area contributed by atoms with Gasteiger partial charge in [-0.05, 0) is 49.4 Å². The maximum atomic E-state index is 12.3. The van der Waals surface area contributed by atoms with Crippen molar-refractivity contribution in [2.45, 2.75) is 70.5 Å². The third kappa shape index (κ3) is 2.14. The van der Waals surface area contributed by atoms with Gasteiger partial charge in [-0.15, -0.1) is 0 Å². The summed E-state index contributed by atoms with van der Waals surface area (Å²) in [4.78, 5) is 24.3. The highest BCUT2D eigenvalue weighted by molar-refractivity contribution is 5.89. The highest BCUT2D eigenvalue weighted by Gasteiger charge is 2.66. The molecule has 3 saturated carbocycles. The molecule has 0 aromatic carbocycles. The number of carbonyl (C=O) groups excluding carboxylic acids is 2. The zero-order chi connectivity index (χ0) is 18.9. The Balaban J connectivity index is 1.76. The van der Waals surface area contributed by atoms with Crippen LogP contribution in [-0.2, 0) is 9.59 Å². The monoisotopic (exact) mass is 362 g/mol. The number of hydrogen-bond acceptors (Lipinski definition) is 5. The van der Waals surface area contributed by atoms with Crippen LogP contribution < -0.4 is 0 Å². The fourth-order valence-electron chi connectivity index (χ4n) is 6.89.